The van der Waals surface area contributed by atoms with Gasteiger partial charge in [-0.05, 0) is 31.5 Å². The van der Waals surface area contributed by atoms with Crippen LogP contribution in [0.2, 0.25) is 0 Å². The van der Waals surface area contributed by atoms with Gasteiger partial charge < -0.3 is 10.6 Å². The molecule has 3 N–H and O–H groups in total. The molecule has 0 aliphatic carbocycles. The number of anilines is 1. The van der Waals surface area contributed by atoms with E-state index < -0.39 is 32.2 Å². The number of rotatable bonds is 5. The summed E-state index contributed by atoms with van der Waals surface area (Å²) in [5.41, 5.74) is 4.91. The summed E-state index contributed by atoms with van der Waals surface area (Å²) >= 11 is 0. The minimum Gasteiger partial charge on any atom is -0.396 e. The number of likely N-dealkylation sites (tertiary alicyclic amines) is 1. The van der Waals surface area contributed by atoms with Crippen molar-refractivity contribution in [3.8, 4) is 0 Å². The molecule has 1 saturated heterocycles. The Morgan fingerprint density at radius 1 is 1.38 bits per heavy atom. The van der Waals surface area contributed by atoms with Crippen LogP contribution in [-0.4, -0.2) is 39.5 Å². The number of hydrogen-bond acceptors (Lipinski definition) is 4. The Balaban J connectivity index is 2.07. The predicted octanol–water partition coefficient (Wildman–Crippen LogP) is 1.17. The standard InChI is InChI=1S/C13H19F2N3O2S/c1-2-18-4-3-9(8-18)7-17-21(19,20)13-6-12(16)10(14)5-11(13)15/h5-6,9,17H,2-4,7-8,16H2,1H3. The summed E-state index contributed by atoms with van der Waals surface area (Å²) in [5.74, 6) is -1.92. The third-order valence-electron chi connectivity index (χ3n) is 3.72. The second-order valence-electron chi connectivity index (χ2n) is 5.20. The van der Waals surface area contributed by atoms with Crippen LogP contribution in [0.5, 0.6) is 0 Å². The van der Waals surface area contributed by atoms with Crippen LogP contribution in [0.25, 0.3) is 0 Å². The number of halogens is 2. The van der Waals surface area contributed by atoms with Crippen LogP contribution in [0.4, 0.5) is 14.5 Å². The molecule has 0 spiro atoms. The zero-order valence-electron chi connectivity index (χ0n) is 11.8. The van der Waals surface area contributed by atoms with Gasteiger partial charge >= 0.3 is 0 Å². The second-order valence-corrected chi connectivity index (χ2v) is 6.94. The van der Waals surface area contributed by atoms with Crippen LogP contribution in [-0.2, 0) is 10.0 Å². The van der Waals surface area contributed by atoms with Gasteiger partial charge in [0, 0.05) is 19.2 Å². The first kappa shape index (κ1) is 16.1. The molecule has 118 valence electrons. The molecule has 1 heterocycles. The second kappa shape index (κ2) is 6.25. The van der Waals surface area contributed by atoms with Crippen molar-refractivity contribution in [3.05, 3.63) is 23.8 Å². The molecule has 0 bridgehead atoms. The van der Waals surface area contributed by atoms with E-state index in [9.17, 15) is 17.2 Å². The molecule has 1 fully saturated rings. The molecule has 0 radical (unpaired) electrons. The number of nitrogens with zero attached hydrogens (tertiary/aromatic N) is 1. The monoisotopic (exact) mass is 319 g/mol. The van der Waals surface area contributed by atoms with Crippen molar-refractivity contribution in [1.29, 1.82) is 0 Å². The Labute approximate surface area is 123 Å². The molecule has 1 aromatic carbocycles. The van der Waals surface area contributed by atoms with Gasteiger partial charge in [-0.2, -0.15) is 0 Å². The highest BCUT2D eigenvalue weighted by atomic mass is 32.2. The first-order valence-electron chi connectivity index (χ1n) is 6.80. The number of sulfonamides is 1. The fraction of sp³-hybridized carbons (Fsp3) is 0.538. The molecule has 21 heavy (non-hydrogen) atoms. The third-order valence-corrected chi connectivity index (χ3v) is 5.16. The molecule has 1 atom stereocenters. The Bertz CT molecular complexity index is 622. The van der Waals surface area contributed by atoms with Crippen LogP contribution in [0.15, 0.2) is 17.0 Å². The Morgan fingerprint density at radius 3 is 2.71 bits per heavy atom. The lowest BCUT2D eigenvalue weighted by Crippen LogP contribution is -2.31. The number of hydrogen-bond donors (Lipinski definition) is 2. The fourth-order valence-electron chi connectivity index (χ4n) is 2.42. The lowest BCUT2D eigenvalue weighted by molar-refractivity contribution is 0.342. The van der Waals surface area contributed by atoms with E-state index in [0.29, 0.717) is 6.07 Å². The quantitative estimate of drug-likeness (QED) is 0.799. The van der Waals surface area contributed by atoms with E-state index in [2.05, 4.69) is 9.62 Å². The molecule has 1 aliphatic rings. The van der Waals surface area contributed by atoms with Crippen molar-refractivity contribution in [2.75, 3.05) is 31.9 Å². The van der Waals surface area contributed by atoms with Gasteiger partial charge in [0.25, 0.3) is 0 Å². The van der Waals surface area contributed by atoms with Crippen molar-refractivity contribution >= 4 is 15.7 Å². The predicted molar refractivity (Wildman–Crippen MR) is 76.2 cm³/mol. The lowest BCUT2D eigenvalue weighted by Gasteiger charge is -2.14. The molecule has 5 nitrogen and oxygen atoms in total. The summed E-state index contributed by atoms with van der Waals surface area (Å²) in [7, 11) is -4.03. The average Bonchev–Trinajstić information content (AvgIpc) is 2.88. The van der Waals surface area contributed by atoms with Crippen LogP contribution in [0.3, 0.4) is 0 Å². The van der Waals surface area contributed by atoms with E-state index in [1.54, 1.807) is 0 Å². The Hall–Kier alpha value is -1.25. The minimum atomic E-state index is -4.03. The van der Waals surface area contributed by atoms with Crippen molar-refractivity contribution in [2.24, 2.45) is 5.92 Å². The summed E-state index contributed by atoms with van der Waals surface area (Å²) in [6.45, 7) is 4.94. The zero-order valence-corrected chi connectivity index (χ0v) is 12.6. The van der Waals surface area contributed by atoms with Gasteiger partial charge in [0.2, 0.25) is 10.0 Å². The van der Waals surface area contributed by atoms with E-state index in [4.69, 9.17) is 5.73 Å². The maximum atomic E-state index is 13.6. The van der Waals surface area contributed by atoms with Gasteiger partial charge in [-0.25, -0.2) is 21.9 Å². The molecule has 1 unspecified atom stereocenters. The Kier molecular flexibility index (Phi) is 4.80. The SMILES string of the molecule is CCN1CCC(CNS(=O)(=O)c2cc(N)c(F)cc2F)C1. The van der Waals surface area contributed by atoms with E-state index >= 15 is 0 Å². The molecule has 0 amide bonds. The maximum Gasteiger partial charge on any atom is 0.243 e. The summed E-state index contributed by atoms with van der Waals surface area (Å²) in [6, 6.07) is 1.29. The van der Waals surface area contributed by atoms with Gasteiger partial charge in [0.15, 0.2) is 0 Å². The summed E-state index contributed by atoms with van der Waals surface area (Å²) < 4.78 is 53.2. The highest BCUT2D eigenvalue weighted by Gasteiger charge is 2.25. The normalized spacial score (nSPS) is 20.0. The molecule has 0 aromatic heterocycles. The highest BCUT2D eigenvalue weighted by Crippen LogP contribution is 2.21. The molecule has 2 rings (SSSR count). The van der Waals surface area contributed by atoms with E-state index in [1.807, 2.05) is 6.92 Å². The smallest absolute Gasteiger partial charge is 0.243 e. The molecule has 1 aromatic rings. The number of nitrogens with one attached hydrogen (secondary N) is 1. The van der Waals surface area contributed by atoms with Crippen molar-refractivity contribution in [2.45, 2.75) is 18.2 Å². The largest absolute Gasteiger partial charge is 0.396 e. The van der Waals surface area contributed by atoms with Crippen LogP contribution >= 0.6 is 0 Å². The van der Waals surface area contributed by atoms with Crippen molar-refractivity contribution in [1.82, 2.24) is 9.62 Å². The van der Waals surface area contributed by atoms with E-state index in [1.165, 1.54) is 0 Å². The molecular formula is C13H19F2N3O2S. The van der Waals surface area contributed by atoms with Gasteiger partial charge in [-0.3, -0.25) is 0 Å². The number of nitrogens with two attached hydrogens (primary N) is 1. The first-order valence-corrected chi connectivity index (χ1v) is 8.28. The average molecular weight is 319 g/mol. The maximum absolute atomic E-state index is 13.6. The molecule has 0 saturated carbocycles. The van der Waals surface area contributed by atoms with E-state index in [0.717, 1.165) is 32.1 Å². The minimum absolute atomic E-state index is 0.195. The molecule has 1 aliphatic heterocycles. The van der Waals surface area contributed by atoms with Crippen LogP contribution < -0.4 is 10.5 Å². The molecule has 8 heteroatoms. The molecular weight excluding hydrogens is 300 g/mol. The Morgan fingerprint density at radius 2 is 2.10 bits per heavy atom. The zero-order chi connectivity index (χ0) is 15.6. The van der Waals surface area contributed by atoms with Gasteiger partial charge in [0.05, 0.1) is 5.69 Å². The van der Waals surface area contributed by atoms with Gasteiger partial charge in [-0.15, -0.1) is 0 Å². The summed E-state index contributed by atoms with van der Waals surface area (Å²) in [4.78, 5) is 1.60. The van der Waals surface area contributed by atoms with Crippen LogP contribution in [0.1, 0.15) is 13.3 Å². The van der Waals surface area contributed by atoms with Crippen molar-refractivity contribution in [3.63, 3.8) is 0 Å². The van der Waals surface area contributed by atoms with Crippen LogP contribution in [0, 0.1) is 17.6 Å². The number of benzene rings is 1. The van der Waals surface area contributed by atoms with Gasteiger partial charge in [-0.1, -0.05) is 6.92 Å². The van der Waals surface area contributed by atoms with Gasteiger partial charge in [0.1, 0.15) is 16.5 Å². The lowest BCUT2D eigenvalue weighted by atomic mass is 10.1. The summed E-state index contributed by atoms with van der Waals surface area (Å²) in [5, 5.41) is 0. The third kappa shape index (κ3) is 3.69. The number of nitrogen functional groups attached to an aromatic ring is 1. The fourth-order valence-corrected chi connectivity index (χ4v) is 3.63. The topological polar surface area (TPSA) is 75.4 Å². The highest BCUT2D eigenvalue weighted by molar-refractivity contribution is 7.89. The van der Waals surface area contributed by atoms with Crippen molar-refractivity contribution < 1.29 is 17.2 Å². The summed E-state index contributed by atoms with van der Waals surface area (Å²) in [6.07, 6.45) is 0.893. The first-order chi connectivity index (χ1) is 9.83. The van der Waals surface area contributed by atoms with E-state index in [-0.39, 0.29) is 12.5 Å².